The van der Waals surface area contributed by atoms with E-state index >= 15 is 0 Å². The van der Waals surface area contributed by atoms with Gasteiger partial charge in [0, 0.05) is 0 Å². The summed E-state index contributed by atoms with van der Waals surface area (Å²) in [7, 11) is 1.36. The van der Waals surface area contributed by atoms with Gasteiger partial charge in [-0.25, -0.2) is 4.79 Å². The van der Waals surface area contributed by atoms with Crippen molar-refractivity contribution >= 4 is 5.97 Å². The summed E-state index contributed by atoms with van der Waals surface area (Å²) in [5.41, 5.74) is 0.515. The standard InChI is InChI=1S/C14H20O4/c1-4-11(2)17-9-10-18-13-7-5-12(6-8-13)14(15)16-3/h5-8,11H,4,9-10H2,1-3H3. The molecule has 0 aliphatic carbocycles. The maximum Gasteiger partial charge on any atom is 0.337 e. The zero-order valence-corrected chi connectivity index (χ0v) is 11.1. The topological polar surface area (TPSA) is 44.8 Å². The van der Waals surface area contributed by atoms with Gasteiger partial charge in [-0.1, -0.05) is 6.92 Å². The number of carbonyl (C=O) groups excluding carboxylic acids is 1. The molecule has 0 spiro atoms. The third-order valence-corrected chi connectivity index (χ3v) is 2.60. The molecule has 1 unspecified atom stereocenters. The molecule has 0 saturated carbocycles. The number of methoxy groups -OCH3 is 1. The molecule has 4 nitrogen and oxygen atoms in total. The minimum absolute atomic E-state index is 0.260. The van der Waals surface area contributed by atoms with Crippen molar-refractivity contribution in [3.63, 3.8) is 0 Å². The summed E-state index contributed by atoms with van der Waals surface area (Å²) in [5, 5.41) is 0. The zero-order chi connectivity index (χ0) is 13.4. The molecule has 0 aliphatic rings. The lowest BCUT2D eigenvalue weighted by Crippen LogP contribution is -2.13. The van der Waals surface area contributed by atoms with Crippen LogP contribution in [-0.4, -0.2) is 32.4 Å². The van der Waals surface area contributed by atoms with Crippen LogP contribution in [0, 0.1) is 0 Å². The fourth-order valence-electron chi connectivity index (χ4n) is 1.33. The van der Waals surface area contributed by atoms with Gasteiger partial charge in [0.05, 0.1) is 25.4 Å². The quantitative estimate of drug-likeness (QED) is 0.553. The van der Waals surface area contributed by atoms with Gasteiger partial charge >= 0.3 is 5.97 Å². The Kier molecular flexibility index (Phi) is 6.22. The van der Waals surface area contributed by atoms with Gasteiger partial charge in [0.15, 0.2) is 0 Å². The van der Waals surface area contributed by atoms with E-state index in [0.717, 1.165) is 12.2 Å². The molecular weight excluding hydrogens is 232 g/mol. The number of benzene rings is 1. The molecule has 0 saturated heterocycles. The number of hydrogen-bond acceptors (Lipinski definition) is 4. The third kappa shape index (κ3) is 4.75. The number of rotatable bonds is 7. The molecule has 1 atom stereocenters. The van der Waals surface area contributed by atoms with Crippen LogP contribution in [0.15, 0.2) is 24.3 Å². The van der Waals surface area contributed by atoms with Gasteiger partial charge in [-0.05, 0) is 37.6 Å². The largest absolute Gasteiger partial charge is 0.491 e. The molecular formula is C14H20O4. The Morgan fingerprint density at radius 2 is 1.89 bits per heavy atom. The van der Waals surface area contributed by atoms with Crippen LogP contribution in [0.25, 0.3) is 0 Å². The average molecular weight is 252 g/mol. The number of carbonyl (C=O) groups is 1. The zero-order valence-electron chi connectivity index (χ0n) is 11.1. The van der Waals surface area contributed by atoms with Crippen molar-refractivity contribution in [1.82, 2.24) is 0 Å². The van der Waals surface area contributed by atoms with E-state index in [2.05, 4.69) is 11.7 Å². The molecule has 0 bridgehead atoms. The van der Waals surface area contributed by atoms with Crippen molar-refractivity contribution in [2.75, 3.05) is 20.3 Å². The van der Waals surface area contributed by atoms with E-state index in [1.54, 1.807) is 24.3 Å². The lowest BCUT2D eigenvalue weighted by Gasteiger charge is -2.11. The van der Waals surface area contributed by atoms with Crippen LogP contribution in [0.5, 0.6) is 5.75 Å². The first-order valence-electron chi connectivity index (χ1n) is 6.10. The van der Waals surface area contributed by atoms with Crippen LogP contribution in [0.2, 0.25) is 0 Å². The first-order chi connectivity index (χ1) is 8.67. The first kappa shape index (κ1) is 14.5. The maximum absolute atomic E-state index is 11.2. The summed E-state index contributed by atoms with van der Waals surface area (Å²) in [6.07, 6.45) is 1.25. The molecule has 0 fully saturated rings. The lowest BCUT2D eigenvalue weighted by molar-refractivity contribution is 0.0426. The molecule has 4 heteroatoms. The van der Waals surface area contributed by atoms with Crippen molar-refractivity contribution in [2.45, 2.75) is 26.4 Å². The molecule has 0 radical (unpaired) electrons. The predicted octanol–water partition coefficient (Wildman–Crippen LogP) is 2.67. The lowest BCUT2D eigenvalue weighted by atomic mass is 10.2. The van der Waals surface area contributed by atoms with E-state index in [9.17, 15) is 4.79 Å². The predicted molar refractivity (Wildman–Crippen MR) is 69.0 cm³/mol. The fraction of sp³-hybridized carbons (Fsp3) is 0.500. The Hall–Kier alpha value is -1.55. The molecule has 1 rings (SSSR count). The highest BCUT2D eigenvalue weighted by Gasteiger charge is 2.04. The van der Waals surface area contributed by atoms with Crippen LogP contribution in [0.1, 0.15) is 30.6 Å². The summed E-state index contributed by atoms with van der Waals surface area (Å²) in [6.45, 7) is 5.18. The summed E-state index contributed by atoms with van der Waals surface area (Å²) in [5.74, 6) is 0.372. The van der Waals surface area contributed by atoms with Gasteiger partial charge in [-0.3, -0.25) is 0 Å². The Balaban J connectivity index is 2.33. The molecule has 0 amide bonds. The van der Waals surface area contributed by atoms with Crippen LogP contribution < -0.4 is 4.74 Å². The SMILES string of the molecule is CCC(C)OCCOc1ccc(C(=O)OC)cc1. The van der Waals surface area contributed by atoms with Crippen molar-refractivity contribution in [2.24, 2.45) is 0 Å². The normalized spacial score (nSPS) is 11.9. The van der Waals surface area contributed by atoms with Gasteiger partial charge in [-0.2, -0.15) is 0 Å². The maximum atomic E-state index is 11.2. The van der Waals surface area contributed by atoms with Gasteiger partial charge in [0.2, 0.25) is 0 Å². The van der Waals surface area contributed by atoms with E-state index in [4.69, 9.17) is 9.47 Å². The number of esters is 1. The second-order valence-electron chi connectivity index (χ2n) is 3.95. The monoisotopic (exact) mass is 252 g/mol. The Morgan fingerprint density at radius 3 is 2.44 bits per heavy atom. The van der Waals surface area contributed by atoms with Crippen molar-refractivity contribution in [3.05, 3.63) is 29.8 Å². The molecule has 18 heavy (non-hydrogen) atoms. The molecule has 0 aromatic heterocycles. The summed E-state index contributed by atoms with van der Waals surface area (Å²) >= 11 is 0. The van der Waals surface area contributed by atoms with E-state index in [1.807, 2.05) is 6.92 Å². The van der Waals surface area contributed by atoms with E-state index in [1.165, 1.54) is 7.11 Å². The average Bonchev–Trinajstić information content (AvgIpc) is 2.43. The summed E-state index contributed by atoms with van der Waals surface area (Å²) in [4.78, 5) is 11.2. The molecule has 0 aliphatic heterocycles. The Morgan fingerprint density at radius 1 is 1.22 bits per heavy atom. The minimum atomic E-state index is -0.346. The highest BCUT2D eigenvalue weighted by Crippen LogP contribution is 2.12. The first-order valence-corrected chi connectivity index (χ1v) is 6.10. The minimum Gasteiger partial charge on any atom is -0.491 e. The van der Waals surface area contributed by atoms with Crippen LogP contribution in [-0.2, 0) is 9.47 Å². The van der Waals surface area contributed by atoms with Crippen molar-refractivity contribution in [1.29, 1.82) is 0 Å². The summed E-state index contributed by atoms with van der Waals surface area (Å²) < 4.78 is 15.6. The van der Waals surface area contributed by atoms with Crippen LogP contribution >= 0.6 is 0 Å². The van der Waals surface area contributed by atoms with Gasteiger partial charge in [0.25, 0.3) is 0 Å². The molecule has 0 N–H and O–H groups in total. The Bertz CT molecular complexity index is 359. The van der Waals surface area contributed by atoms with Gasteiger partial charge in [0.1, 0.15) is 12.4 Å². The van der Waals surface area contributed by atoms with Gasteiger partial charge in [-0.15, -0.1) is 0 Å². The van der Waals surface area contributed by atoms with Gasteiger partial charge < -0.3 is 14.2 Å². The highest BCUT2D eigenvalue weighted by atomic mass is 16.5. The van der Waals surface area contributed by atoms with Crippen molar-refractivity contribution < 1.29 is 19.0 Å². The third-order valence-electron chi connectivity index (χ3n) is 2.60. The summed E-state index contributed by atoms with van der Waals surface area (Å²) in [6, 6.07) is 6.85. The molecule has 100 valence electrons. The molecule has 1 aromatic carbocycles. The van der Waals surface area contributed by atoms with Crippen molar-refractivity contribution in [3.8, 4) is 5.75 Å². The smallest absolute Gasteiger partial charge is 0.337 e. The highest BCUT2D eigenvalue weighted by molar-refractivity contribution is 5.89. The van der Waals surface area contributed by atoms with Crippen LogP contribution in [0.4, 0.5) is 0 Å². The van der Waals surface area contributed by atoms with E-state index in [-0.39, 0.29) is 12.1 Å². The molecule has 1 aromatic rings. The van der Waals surface area contributed by atoms with E-state index < -0.39 is 0 Å². The van der Waals surface area contributed by atoms with Crippen LogP contribution in [0.3, 0.4) is 0 Å². The molecule has 0 heterocycles. The fourth-order valence-corrected chi connectivity index (χ4v) is 1.33. The number of ether oxygens (including phenoxy) is 3. The second kappa shape index (κ2) is 7.71. The number of hydrogen-bond donors (Lipinski definition) is 0. The van der Waals surface area contributed by atoms with E-state index in [0.29, 0.717) is 18.8 Å². The second-order valence-corrected chi connectivity index (χ2v) is 3.95. The Labute approximate surface area is 108 Å².